The maximum atomic E-state index is 13.6. The molecule has 2 aromatic carbocycles. The summed E-state index contributed by atoms with van der Waals surface area (Å²) in [6, 6.07) is 15.5. The van der Waals surface area contributed by atoms with Crippen LogP contribution in [0.1, 0.15) is 52.5 Å². The molecule has 2 fully saturated rings. The minimum Gasteiger partial charge on any atom is -0.465 e. The Morgan fingerprint density at radius 1 is 1.03 bits per heavy atom. The molecule has 2 amide bonds. The van der Waals surface area contributed by atoms with Crippen molar-refractivity contribution in [1.29, 1.82) is 0 Å². The second-order valence-corrected chi connectivity index (χ2v) is 10.6. The number of rotatable bonds is 10. The summed E-state index contributed by atoms with van der Waals surface area (Å²) >= 11 is 1.67. The summed E-state index contributed by atoms with van der Waals surface area (Å²) in [6.45, 7) is 2.67. The summed E-state index contributed by atoms with van der Waals surface area (Å²) in [6.07, 6.45) is 3.64. The third-order valence-electron chi connectivity index (χ3n) is 7.22. The molecule has 2 aliphatic rings. The molecule has 10 heteroatoms. The van der Waals surface area contributed by atoms with Crippen molar-refractivity contribution >= 4 is 35.5 Å². The molecule has 2 aliphatic heterocycles. The van der Waals surface area contributed by atoms with Crippen LogP contribution in [0.2, 0.25) is 0 Å². The first-order valence-electron chi connectivity index (χ1n) is 13.2. The first-order chi connectivity index (χ1) is 18.9. The smallest absolute Gasteiger partial charge is 0.338 e. The Labute approximate surface area is 233 Å². The molecule has 0 radical (unpaired) electrons. The van der Waals surface area contributed by atoms with Gasteiger partial charge < -0.3 is 19.3 Å². The lowest BCUT2D eigenvalue weighted by molar-refractivity contribution is -0.151. The molecule has 4 rings (SSSR count). The second kappa shape index (κ2) is 13.1. The molecule has 39 heavy (non-hydrogen) atoms. The molecule has 0 saturated carbocycles. The number of thioether (sulfide) groups is 1. The van der Waals surface area contributed by atoms with Crippen LogP contribution in [0.3, 0.4) is 0 Å². The van der Waals surface area contributed by atoms with Crippen LogP contribution in [0.25, 0.3) is 0 Å². The highest BCUT2D eigenvalue weighted by molar-refractivity contribution is 7.98. The van der Waals surface area contributed by atoms with Gasteiger partial charge in [0.05, 0.1) is 23.9 Å². The quantitative estimate of drug-likeness (QED) is 0.448. The number of nitrogens with zero attached hydrogens (tertiary/aromatic N) is 2. The summed E-state index contributed by atoms with van der Waals surface area (Å²) in [5.74, 6) is -0.315. The normalized spacial score (nSPS) is 18.3. The van der Waals surface area contributed by atoms with E-state index in [1.165, 1.54) is 0 Å². The van der Waals surface area contributed by atoms with Gasteiger partial charge in [-0.1, -0.05) is 36.4 Å². The Morgan fingerprint density at radius 2 is 1.72 bits per heavy atom. The number of piperidine rings is 1. The zero-order chi connectivity index (χ0) is 27.8. The lowest BCUT2D eigenvalue weighted by Crippen LogP contribution is -2.60. The second-order valence-electron chi connectivity index (χ2n) is 9.63. The molecule has 1 atom stereocenters. The van der Waals surface area contributed by atoms with Crippen LogP contribution in [0.4, 0.5) is 0 Å². The number of hydrogen-bond acceptors (Lipinski definition) is 8. The molecule has 1 spiro atoms. The molecule has 0 aliphatic carbocycles. The van der Waals surface area contributed by atoms with E-state index in [4.69, 9.17) is 9.47 Å². The zero-order valence-electron chi connectivity index (χ0n) is 22.4. The lowest BCUT2D eigenvalue weighted by Gasteiger charge is -2.44. The maximum Gasteiger partial charge on any atom is 0.338 e. The van der Waals surface area contributed by atoms with Gasteiger partial charge in [-0.3, -0.25) is 19.7 Å². The van der Waals surface area contributed by atoms with Gasteiger partial charge >= 0.3 is 11.9 Å². The molecule has 0 aromatic heterocycles. The average Bonchev–Trinajstić information content (AvgIpc) is 3.20. The van der Waals surface area contributed by atoms with E-state index < -0.39 is 17.6 Å². The van der Waals surface area contributed by atoms with Crippen molar-refractivity contribution in [3.63, 3.8) is 0 Å². The molecular formula is C29H35N3O6S. The van der Waals surface area contributed by atoms with E-state index in [2.05, 4.69) is 5.32 Å². The fourth-order valence-corrected chi connectivity index (χ4v) is 5.65. The number of nitrogens with one attached hydrogen (secondary N) is 1. The minimum absolute atomic E-state index is 0.0199. The van der Waals surface area contributed by atoms with E-state index in [9.17, 15) is 19.2 Å². The number of carbonyl (C=O) groups excluding carboxylic acids is 4. The number of carbonyl (C=O) groups is 4. The van der Waals surface area contributed by atoms with Crippen LogP contribution in [-0.4, -0.2) is 83.5 Å². The number of benzene rings is 2. The van der Waals surface area contributed by atoms with E-state index in [1.54, 1.807) is 71.0 Å². The van der Waals surface area contributed by atoms with Gasteiger partial charge in [0.1, 0.15) is 13.2 Å². The maximum absolute atomic E-state index is 13.6. The van der Waals surface area contributed by atoms with Crippen molar-refractivity contribution in [2.75, 3.05) is 38.2 Å². The topological polar surface area (TPSA) is 105 Å². The Bertz CT molecular complexity index is 1180. The number of likely N-dealkylation sites (tertiary alicyclic amines) is 1. The van der Waals surface area contributed by atoms with Gasteiger partial charge in [0.15, 0.2) is 0 Å². The predicted molar refractivity (Wildman–Crippen MR) is 148 cm³/mol. The molecule has 1 unspecified atom stereocenters. The number of amides is 2. The summed E-state index contributed by atoms with van der Waals surface area (Å²) in [5.41, 5.74) is 0.854. The van der Waals surface area contributed by atoms with Gasteiger partial charge in [-0.2, -0.15) is 11.8 Å². The average molecular weight is 554 g/mol. The van der Waals surface area contributed by atoms with Gasteiger partial charge in [0, 0.05) is 37.1 Å². The fourth-order valence-electron chi connectivity index (χ4n) is 5.18. The molecule has 2 saturated heterocycles. The van der Waals surface area contributed by atoms with Crippen molar-refractivity contribution in [1.82, 2.24) is 15.1 Å². The van der Waals surface area contributed by atoms with Crippen molar-refractivity contribution < 1.29 is 28.7 Å². The van der Waals surface area contributed by atoms with E-state index in [-0.39, 0.29) is 37.6 Å². The van der Waals surface area contributed by atoms with Crippen LogP contribution in [0.15, 0.2) is 54.6 Å². The lowest BCUT2D eigenvalue weighted by atomic mass is 9.94. The van der Waals surface area contributed by atoms with E-state index in [1.807, 2.05) is 18.4 Å². The zero-order valence-corrected chi connectivity index (χ0v) is 23.2. The van der Waals surface area contributed by atoms with Gasteiger partial charge in [0.25, 0.3) is 5.91 Å². The largest absolute Gasteiger partial charge is 0.465 e. The SMILES string of the molecule is CCOC(=O)CN1C(=O)C(CCSC)NC12CCN(C(=O)c1ccccc1COC(=O)c1ccccc1)CC2. The monoisotopic (exact) mass is 553 g/mol. The van der Waals surface area contributed by atoms with E-state index >= 15 is 0 Å². The molecule has 0 bridgehead atoms. The van der Waals surface area contributed by atoms with Crippen LogP contribution in [-0.2, 0) is 25.7 Å². The van der Waals surface area contributed by atoms with Crippen molar-refractivity contribution in [3.8, 4) is 0 Å². The number of ether oxygens (including phenoxy) is 2. The summed E-state index contributed by atoms with van der Waals surface area (Å²) in [7, 11) is 0. The van der Waals surface area contributed by atoms with Gasteiger partial charge in [0.2, 0.25) is 5.91 Å². The first kappa shape index (κ1) is 28.6. The van der Waals surface area contributed by atoms with Crippen molar-refractivity contribution in [2.24, 2.45) is 0 Å². The Morgan fingerprint density at radius 3 is 2.41 bits per heavy atom. The molecule has 9 nitrogen and oxygen atoms in total. The molecular weight excluding hydrogens is 518 g/mol. The third kappa shape index (κ3) is 6.62. The van der Waals surface area contributed by atoms with Gasteiger partial charge in [-0.05, 0) is 43.6 Å². The highest BCUT2D eigenvalue weighted by atomic mass is 32.2. The summed E-state index contributed by atoms with van der Waals surface area (Å²) < 4.78 is 10.6. The van der Waals surface area contributed by atoms with E-state index in [0.29, 0.717) is 49.0 Å². The number of esters is 2. The molecule has 1 N–H and O–H groups in total. The van der Waals surface area contributed by atoms with Crippen molar-refractivity contribution in [3.05, 3.63) is 71.3 Å². The Kier molecular flexibility index (Phi) is 9.63. The van der Waals surface area contributed by atoms with Crippen LogP contribution < -0.4 is 5.32 Å². The van der Waals surface area contributed by atoms with Gasteiger partial charge in [-0.15, -0.1) is 0 Å². The first-order valence-corrected chi connectivity index (χ1v) is 14.6. The standard InChI is InChI=1S/C29H35N3O6S/c1-3-37-25(33)19-32-27(35)24(13-18-39-2)30-29(32)14-16-31(17-15-29)26(34)23-12-8-7-11-22(23)20-38-28(36)21-9-5-4-6-10-21/h4-12,24,30H,3,13-20H2,1-2H3. The highest BCUT2D eigenvalue weighted by Crippen LogP contribution is 2.34. The van der Waals surface area contributed by atoms with E-state index in [0.717, 1.165) is 5.75 Å². The highest BCUT2D eigenvalue weighted by Gasteiger charge is 2.52. The van der Waals surface area contributed by atoms with Crippen LogP contribution in [0, 0.1) is 0 Å². The third-order valence-corrected chi connectivity index (χ3v) is 7.86. The molecule has 2 aromatic rings. The molecule has 208 valence electrons. The summed E-state index contributed by atoms with van der Waals surface area (Å²) in [5, 5.41) is 3.51. The fraction of sp³-hybridized carbons (Fsp3) is 0.448. The Balaban J connectivity index is 1.44. The van der Waals surface area contributed by atoms with Crippen LogP contribution >= 0.6 is 11.8 Å². The van der Waals surface area contributed by atoms with Crippen LogP contribution in [0.5, 0.6) is 0 Å². The van der Waals surface area contributed by atoms with Gasteiger partial charge in [-0.25, -0.2) is 4.79 Å². The predicted octanol–water partition coefficient (Wildman–Crippen LogP) is 3.09. The van der Waals surface area contributed by atoms with Crippen molar-refractivity contribution in [2.45, 2.75) is 44.5 Å². The minimum atomic E-state index is -0.700. The Hall–Kier alpha value is -3.37. The molecule has 2 heterocycles. The number of hydrogen-bond donors (Lipinski definition) is 1. The summed E-state index contributed by atoms with van der Waals surface area (Å²) in [4.78, 5) is 55.0.